The number of benzene rings is 2. The van der Waals surface area contributed by atoms with Crippen LogP contribution in [0.1, 0.15) is 28.0 Å². The molecule has 0 fully saturated rings. The number of hydrogen-bond donors (Lipinski definition) is 0. The summed E-state index contributed by atoms with van der Waals surface area (Å²) in [5, 5.41) is 1.80. The number of esters is 1. The van der Waals surface area contributed by atoms with Gasteiger partial charge in [-0.2, -0.15) is 0 Å². The number of carbonyl (C=O) groups is 1. The largest absolute Gasteiger partial charge is 0.488 e. The molecule has 0 saturated heterocycles. The maximum atomic E-state index is 12.8. The van der Waals surface area contributed by atoms with Gasteiger partial charge in [-0.1, -0.05) is 41.4 Å². The minimum atomic E-state index is -0.336. The lowest BCUT2D eigenvalue weighted by Crippen LogP contribution is -2.15. The third kappa shape index (κ3) is 3.73. The Morgan fingerprint density at radius 3 is 2.78 bits per heavy atom. The van der Waals surface area contributed by atoms with Crippen molar-refractivity contribution in [2.75, 3.05) is 13.2 Å². The van der Waals surface area contributed by atoms with Crippen LogP contribution >= 0.6 is 23.2 Å². The van der Waals surface area contributed by atoms with Gasteiger partial charge in [-0.25, -0.2) is 4.79 Å². The van der Waals surface area contributed by atoms with Crippen molar-refractivity contribution >= 4 is 40.1 Å². The van der Waals surface area contributed by atoms with E-state index in [0.29, 0.717) is 21.4 Å². The molecule has 1 aromatic heterocycles. The van der Waals surface area contributed by atoms with Crippen molar-refractivity contribution in [2.45, 2.75) is 19.3 Å². The average molecular weight is 402 g/mol. The molecule has 4 rings (SSSR count). The Labute approximate surface area is 167 Å². The number of rotatable bonds is 5. The molecule has 2 aromatic carbocycles. The fourth-order valence-corrected chi connectivity index (χ4v) is 3.86. The molecule has 0 atom stereocenters. The van der Waals surface area contributed by atoms with E-state index in [1.165, 1.54) is 0 Å². The van der Waals surface area contributed by atoms with Crippen LogP contribution in [-0.2, 0) is 17.6 Å². The van der Waals surface area contributed by atoms with Crippen molar-refractivity contribution in [2.24, 2.45) is 0 Å². The zero-order valence-corrected chi connectivity index (χ0v) is 16.0. The Morgan fingerprint density at radius 2 is 1.93 bits per heavy atom. The van der Waals surface area contributed by atoms with Crippen LogP contribution in [0.15, 0.2) is 42.5 Å². The Balaban J connectivity index is 1.47. The van der Waals surface area contributed by atoms with Crippen molar-refractivity contribution in [3.05, 3.63) is 69.3 Å². The number of halogens is 2. The van der Waals surface area contributed by atoms with Gasteiger partial charge in [0, 0.05) is 16.1 Å². The first-order chi connectivity index (χ1) is 13.1. The minimum absolute atomic E-state index is 0.128. The molecule has 0 amide bonds. The average Bonchev–Trinajstić information content (AvgIpc) is 3.12. The Hall–Kier alpha value is -2.30. The third-order valence-corrected chi connectivity index (χ3v) is 5.12. The monoisotopic (exact) mass is 401 g/mol. The number of para-hydroxylation sites is 1. The Kier molecular flexibility index (Phi) is 5.19. The number of aryl methyl sites for hydroxylation is 1. The number of ether oxygens (including phenoxy) is 2. The van der Waals surface area contributed by atoms with Gasteiger partial charge in [-0.05, 0) is 49.1 Å². The topological polar surface area (TPSA) is 48.4 Å². The summed E-state index contributed by atoms with van der Waals surface area (Å²) in [5.41, 5.74) is 3.48. The lowest BCUT2D eigenvalue weighted by Gasteiger charge is -2.13. The van der Waals surface area contributed by atoms with E-state index in [4.69, 9.17) is 37.7 Å². The summed E-state index contributed by atoms with van der Waals surface area (Å²) >= 11 is 11.9. The number of pyridine rings is 1. The predicted molar refractivity (Wildman–Crippen MR) is 106 cm³/mol. The Morgan fingerprint density at radius 1 is 1.07 bits per heavy atom. The van der Waals surface area contributed by atoms with Crippen molar-refractivity contribution in [3.63, 3.8) is 0 Å². The second kappa shape index (κ2) is 7.75. The molecule has 1 aliphatic carbocycles. The van der Waals surface area contributed by atoms with Gasteiger partial charge >= 0.3 is 5.97 Å². The minimum Gasteiger partial charge on any atom is -0.488 e. The molecule has 4 nitrogen and oxygen atoms in total. The van der Waals surface area contributed by atoms with Crippen molar-refractivity contribution in [1.82, 2.24) is 4.98 Å². The van der Waals surface area contributed by atoms with Crippen LogP contribution in [0.25, 0.3) is 10.9 Å². The molecule has 6 heteroatoms. The summed E-state index contributed by atoms with van der Waals surface area (Å²) < 4.78 is 11.1. The van der Waals surface area contributed by atoms with Crippen LogP contribution in [0, 0.1) is 0 Å². The van der Waals surface area contributed by atoms with Crippen LogP contribution in [0.2, 0.25) is 10.0 Å². The maximum Gasteiger partial charge on any atom is 0.339 e. The van der Waals surface area contributed by atoms with Gasteiger partial charge in [0.1, 0.15) is 19.0 Å². The van der Waals surface area contributed by atoms with Gasteiger partial charge in [0.15, 0.2) is 0 Å². The highest BCUT2D eigenvalue weighted by Gasteiger charge is 2.24. The van der Waals surface area contributed by atoms with E-state index in [9.17, 15) is 4.79 Å². The van der Waals surface area contributed by atoms with E-state index in [1.807, 2.05) is 24.3 Å². The second-order valence-electron chi connectivity index (χ2n) is 6.34. The first kappa shape index (κ1) is 18.1. The highest BCUT2D eigenvalue weighted by atomic mass is 35.5. The first-order valence-corrected chi connectivity index (χ1v) is 9.54. The Bertz CT molecular complexity index is 1020. The van der Waals surface area contributed by atoms with E-state index in [2.05, 4.69) is 0 Å². The smallest absolute Gasteiger partial charge is 0.339 e. The molecule has 0 N–H and O–H groups in total. The molecule has 0 radical (unpaired) electrons. The van der Waals surface area contributed by atoms with E-state index in [0.717, 1.165) is 41.4 Å². The number of nitrogens with zero attached hydrogens (tertiary/aromatic N) is 1. The molecule has 0 saturated carbocycles. The molecule has 1 aliphatic rings. The van der Waals surface area contributed by atoms with Crippen LogP contribution < -0.4 is 4.74 Å². The maximum absolute atomic E-state index is 12.8. The van der Waals surface area contributed by atoms with E-state index in [1.54, 1.807) is 18.2 Å². The lowest BCUT2D eigenvalue weighted by atomic mass is 10.0. The molecule has 0 unspecified atom stereocenters. The summed E-state index contributed by atoms with van der Waals surface area (Å²) in [6, 6.07) is 12.7. The quantitative estimate of drug-likeness (QED) is 0.431. The molecule has 1 heterocycles. The summed E-state index contributed by atoms with van der Waals surface area (Å²) in [5.74, 6) is 0.171. The normalized spacial score (nSPS) is 12.8. The molecular formula is C21H17Cl2NO3. The van der Waals surface area contributed by atoms with Gasteiger partial charge in [0.25, 0.3) is 0 Å². The van der Waals surface area contributed by atoms with Gasteiger partial charge < -0.3 is 9.47 Å². The highest BCUT2D eigenvalue weighted by Crippen LogP contribution is 2.30. The third-order valence-electron chi connectivity index (χ3n) is 4.59. The first-order valence-electron chi connectivity index (χ1n) is 8.79. The number of hydrogen-bond acceptors (Lipinski definition) is 4. The SMILES string of the molecule is O=C(OCCOc1ccc(Cl)cc1Cl)c1c2c(nc3ccccc13)CCC2. The molecule has 0 bridgehead atoms. The summed E-state index contributed by atoms with van der Waals surface area (Å²) in [6.45, 7) is 0.335. The molecular weight excluding hydrogens is 385 g/mol. The van der Waals surface area contributed by atoms with E-state index >= 15 is 0 Å². The fourth-order valence-electron chi connectivity index (χ4n) is 3.39. The van der Waals surface area contributed by atoms with E-state index < -0.39 is 0 Å². The molecule has 27 heavy (non-hydrogen) atoms. The van der Waals surface area contributed by atoms with Gasteiger partial charge in [-0.3, -0.25) is 4.98 Å². The van der Waals surface area contributed by atoms with Crippen LogP contribution in [-0.4, -0.2) is 24.2 Å². The van der Waals surface area contributed by atoms with Crippen LogP contribution in [0.5, 0.6) is 5.75 Å². The van der Waals surface area contributed by atoms with Gasteiger partial charge in [-0.15, -0.1) is 0 Å². The molecule has 138 valence electrons. The number of aromatic nitrogens is 1. The molecule has 0 spiro atoms. The predicted octanol–water partition coefficient (Wildman–Crippen LogP) is 5.27. The summed E-state index contributed by atoms with van der Waals surface area (Å²) in [7, 11) is 0. The van der Waals surface area contributed by atoms with Crippen LogP contribution in [0.4, 0.5) is 0 Å². The second-order valence-corrected chi connectivity index (χ2v) is 7.19. The van der Waals surface area contributed by atoms with E-state index in [-0.39, 0.29) is 19.2 Å². The fraction of sp³-hybridized carbons (Fsp3) is 0.238. The molecule has 0 aliphatic heterocycles. The summed E-state index contributed by atoms with van der Waals surface area (Å²) in [6.07, 6.45) is 2.77. The zero-order valence-electron chi connectivity index (χ0n) is 14.5. The van der Waals surface area contributed by atoms with Gasteiger partial charge in [0.05, 0.1) is 16.1 Å². The molecule has 3 aromatic rings. The van der Waals surface area contributed by atoms with Crippen molar-refractivity contribution < 1.29 is 14.3 Å². The zero-order chi connectivity index (χ0) is 18.8. The van der Waals surface area contributed by atoms with Crippen molar-refractivity contribution in [3.8, 4) is 5.75 Å². The van der Waals surface area contributed by atoms with Crippen LogP contribution in [0.3, 0.4) is 0 Å². The highest BCUT2D eigenvalue weighted by molar-refractivity contribution is 6.35. The standard InChI is InChI=1S/C21H17Cl2NO3/c22-13-8-9-19(16(23)12-13)26-10-11-27-21(25)20-14-4-1-2-6-17(14)24-18-7-3-5-15(18)20/h1-2,4,6,8-9,12H,3,5,7,10-11H2. The number of carbonyl (C=O) groups excluding carboxylic acids is 1. The number of fused-ring (bicyclic) bond motifs is 2. The van der Waals surface area contributed by atoms with Crippen molar-refractivity contribution in [1.29, 1.82) is 0 Å². The lowest BCUT2D eigenvalue weighted by molar-refractivity contribution is 0.0451. The summed E-state index contributed by atoms with van der Waals surface area (Å²) in [4.78, 5) is 17.5. The van der Waals surface area contributed by atoms with Gasteiger partial charge in [0.2, 0.25) is 0 Å².